The van der Waals surface area contributed by atoms with Crippen LogP contribution in [0, 0.1) is 12.8 Å². The van der Waals surface area contributed by atoms with Crippen molar-refractivity contribution in [1.82, 2.24) is 0 Å². The molecule has 60 heavy (non-hydrogen) atoms. The van der Waals surface area contributed by atoms with Crippen LogP contribution in [-0.2, 0) is 21.6 Å². The average molecular weight is 942 g/mol. The van der Waals surface area contributed by atoms with E-state index in [9.17, 15) is 0 Å². The van der Waals surface area contributed by atoms with Gasteiger partial charge in [-0.1, -0.05) is 170 Å². The van der Waals surface area contributed by atoms with Crippen LogP contribution < -0.4 is 31.8 Å². The van der Waals surface area contributed by atoms with E-state index in [2.05, 4.69) is 207 Å². The van der Waals surface area contributed by atoms with Gasteiger partial charge in [-0.25, -0.2) is 0 Å². The Kier molecular flexibility index (Phi) is 14.3. The Hall–Kier alpha value is -4.48. The van der Waals surface area contributed by atoms with Crippen molar-refractivity contribution in [2.75, 3.05) is 0 Å². The van der Waals surface area contributed by atoms with Crippen molar-refractivity contribution in [2.24, 2.45) is 5.92 Å². The van der Waals surface area contributed by atoms with Gasteiger partial charge in [0.05, 0.1) is 15.8 Å². The number of halogens is 2. The predicted octanol–water partition coefficient (Wildman–Crippen LogP) is 12.8. The molecule has 0 radical (unpaired) electrons. The molecular formula is C54H45Cl2NP2Ru+2. The number of nitrogens with one attached hydrogen (secondary N) is 1. The van der Waals surface area contributed by atoms with Crippen LogP contribution in [0.3, 0.4) is 0 Å². The second kappa shape index (κ2) is 20.4. The minimum atomic E-state index is -1.37. The van der Waals surface area contributed by atoms with Crippen molar-refractivity contribution in [1.29, 1.82) is 0 Å². The standard InChI is InChI=1S/C44H32P2.C10H11N.2ClH.Ru/c1-5-19-35(20-6-1)45(36-21-7-2-8-22-36)41-31-29-33-17-13-15-27-39(33)43(41)44-40-28-16-14-18-34(40)30-32-42(44)46(37-23-9-3-10-24-37)38-25-11-4-12-26-38;1-7-6-8-4-2-3-5-9(8)10(7)11;;;/h1-32H;2-5,7,10-11H,1,6H2;2*1H;/q;-2;;;+4/t;7?,10-;;;/m.0.../s1. The van der Waals surface area contributed by atoms with Gasteiger partial charge in [0.15, 0.2) is 0 Å². The third kappa shape index (κ3) is 9.22. The van der Waals surface area contributed by atoms with Crippen LogP contribution in [-0.4, -0.2) is 0 Å². The van der Waals surface area contributed by atoms with Gasteiger partial charge in [0.25, 0.3) is 0 Å². The fourth-order valence-electron chi connectivity index (χ4n) is 8.55. The second-order valence-corrected chi connectivity index (χ2v) is 22.3. The van der Waals surface area contributed by atoms with Gasteiger partial charge in [-0.3, -0.25) is 0 Å². The van der Waals surface area contributed by atoms with E-state index in [4.69, 9.17) is 25.1 Å². The zero-order valence-electron chi connectivity index (χ0n) is 33.0. The monoisotopic (exact) mass is 941 g/mol. The van der Waals surface area contributed by atoms with Crippen LogP contribution in [0.15, 0.2) is 218 Å². The quantitative estimate of drug-likeness (QED) is 0.0864. The zero-order valence-corrected chi connectivity index (χ0v) is 38.2. The molecule has 1 nitrogen and oxygen atoms in total. The van der Waals surface area contributed by atoms with Gasteiger partial charge >= 0.3 is 34.5 Å². The molecule has 296 valence electrons. The smallest absolute Gasteiger partial charge is 0.0620 e. The van der Waals surface area contributed by atoms with Gasteiger partial charge < -0.3 is 12.7 Å². The van der Waals surface area contributed by atoms with Crippen molar-refractivity contribution >= 4 is 88.6 Å². The summed E-state index contributed by atoms with van der Waals surface area (Å²) in [6.45, 7) is 3.95. The van der Waals surface area contributed by atoms with E-state index in [-0.39, 0.29) is 27.1 Å². The maximum atomic E-state index is 7.76. The van der Waals surface area contributed by atoms with E-state index >= 15 is 0 Å². The summed E-state index contributed by atoms with van der Waals surface area (Å²) in [6, 6.07) is 80.3. The zero-order chi connectivity index (χ0) is 41.3. The maximum Gasteiger partial charge on any atom is 0.111 e. The fraction of sp³-hybridized carbons (Fsp3) is 0.0556. The first-order valence-electron chi connectivity index (χ1n) is 20.0. The van der Waals surface area contributed by atoms with Crippen LogP contribution in [0.25, 0.3) is 38.4 Å². The summed E-state index contributed by atoms with van der Waals surface area (Å²) in [5.74, 6) is 0.257. The SMILES string of the molecule is [CH2-]C1Cc2ccccc2[C@H]1[NH-].[Cl][Ru+2][Cl].c1ccc([PH+](c2ccccc2)c2ccc3ccccc3c2-c2c([PH+](c3ccccc3)c3ccccc3)ccc3ccccc23)cc1. The van der Waals surface area contributed by atoms with Gasteiger partial charge in [-0.05, 0) is 87.8 Å². The van der Waals surface area contributed by atoms with Gasteiger partial charge in [0.1, 0.15) is 31.8 Å². The second-order valence-electron chi connectivity index (χ2n) is 14.8. The summed E-state index contributed by atoms with van der Waals surface area (Å²) in [6.07, 6.45) is 0.977. The molecule has 0 saturated heterocycles. The van der Waals surface area contributed by atoms with Crippen LogP contribution in [0.2, 0.25) is 0 Å². The van der Waals surface area contributed by atoms with Crippen LogP contribution in [0.5, 0.6) is 0 Å². The van der Waals surface area contributed by atoms with Gasteiger partial charge in [0.2, 0.25) is 0 Å². The number of benzene rings is 9. The molecule has 0 aliphatic heterocycles. The maximum absolute atomic E-state index is 7.76. The first kappa shape index (κ1) is 42.2. The van der Waals surface area contributed by atoms with E-state index in [0.717, 1.165) is 6.42 Å². The number of fused-ring (bicyclic) bond motifs is 3. The molecule has 9 aromatic rings. The third-order valence-electron chi connectivity index (χ3n) is 11.2. The van der Waals surface area contributed by atoms with Crippen LogP contribution in [0.1, 0.15) is 17.2 Å². The molecule has 6 heteroatoms. The first-order valence-corrected chi connectivity index (χ1v) is 27.5. The molecule has 1 N–H and O–H groups in total. The van der Waals surface area contributed by atoms with E-state index in [1.54, 1.807) is 0 Å². The number of hydrogen-bond donors (Lipinski definition) is 0. The molecule has 0 aromatic heterocycles. The van der Waals surface area contributed by atoms with E-state index < -0.39 is 15.8 Å². The summed E-state index contributed by atoms with van der Waals surface area (Å²) in [5.41, 5.74) is 13.0. The Morgan fingerprint density at radius 2 is 0.767 bits per heavy atom. The van der Waals surface area contributed by atoms with E-state index in [0.29, 0.717) is 0 Å². The van der Waals surface area contributed by atoms with Gasteiger partial charge in [-0.15, -0.1) is 6.04 Å². The summed E-state index contributed by atoms with van der Waals surface area (Å²) in [4.78, 5) is 0. The largest absolute Gasteiger partial charge is 0.111 e. The Labute approximate surface area is 372 Å². The molecule has 0 spiro atoms. The summed E-state index contributed by atoms with van der Waals surface area (Å²) in [7, 11) is 6.97. The minimum absolute atomic E-state index is 0.0915. The molecule has 2 atom stereocenters. The molecule has 10 rings (SSSR count). The van der Waals surface area contributed by atoms with E-state index in [1.807, 2.05) is 18.2 Å². The molecule has 1 aliphatic carbocycles. The van der Waals surface area contributed by atoms with Crippen molar-refractivity contribution in [3.63, 3.8) is 0 Å². The van der Waals surface area contributed by atoms with Crippen LogP contribution >= 0.6 is 35.2 Å². The number of rotatable bonds is 7. The summed E-state index contributed by atoms with van der Waals surface area (Å²) < 4.78 is 0. The van der Waals surface area contributed by atoms with Crippen LogP contribution in [0.4, 0.5) is 0 Å². The molecular weight excluding hydrogens is 897 g/mol. The molecule has 0 bridgehead atoms. The Balaban J connectivity index is 0.000000303. The molecule has 0 saturated carbocycles. The number of hydrogen-bond acceptors (Lipinski definition) is 0. The summed E-state index contributed by atoms with van der Waals surface area (Å²) in [5, 5.41) is 13.6. The molecule has 0 heterocycles. The molecule has 1 aliphatic rings. The topological polar surface area (TPSA) is 23.8 Å². The Morgan fingerprint density at radius 3 is 1.15 bits per heavy atom. The molecule has 9 aromatic carbocycles. The normalized spacial score (nSPS) is 14.3. The molecule has 0 amide bonds. The fourth-order valence-corrected chi connectivity index (χ4v) is 14.1. The molecule has 0 fully saturated rings. The van der Waals surface area contributed by atoms with E-state index in [1.165, 1.54) is 75.6 Å². The third-order valence-corrected chi connectivity index (χ3v) is 16.8. The van der Waals surface area contributed by atoms with Gasteiger partial charge in [0, 0.05) is 11.1 Å². The Bertz CT molecular complexity index is 2550. The van der Waals surface area contributed by atoms with Crippen molar-refractivity contribution < 1.29 is 15.1 Å². The minimum Gasteiger partial charge on any atom is -0.0620 e. The molecule has 1 unspecified atom stereocenters. The Morgan fingerprint density at radius 1 is 0.433 bits per heavy atom. The summed E-state index contributed by atoms with van der Waals surface area (Å²) >= 11 is -0.346. The first-order chi connectivity index (χ1) is 29.6. The average Bonchev–Trinajstić information content (AvgIpc) is 3.60. The van der Waals surface area contributed by atoms with Crippen molar-refractivity contribution in [3.8, 4) is 11.1 Å². The van der Waals surface area contributed by atoms with Gasteiger partial charge in [-0.2, -0.15) is 5.92 Å². The van der Waals surface area contributed by atoms with Crippen molar-refractivity contribution in [2.45, 2.75) is 12.5 Å². The predicted molar refractivity (Wildman–Crippen MR) is 265 cm³/mol. The van der Waals surface area contributed by atoms with Crippen molar-refractivity contribution in [3.05, 3.63) is 242 Å².